The van der Waals surface area contributed by atoms with Crippen LogP contribution in [0.4, 0.5) is 0 Å². The maximum absolute atomic E-state index is 4.10. The van der Waals surface area contributed by atoms with Crippen LogP contribution in [-0.2, 0) is 0 Å². The minimum atomic E-state index is 0.332. The number of hydrogen-bond acceptors (Lipinski definition) is 2. The highest BCUT2D eigenvalue weighted by Gasteiger charge is 2.01. The van der Waals surface area contributed by atoms with E-state index in [4.69, 9.17) is 0 Å². The Morgan fingerprint density at radius 1 is 1.32 bits per heavy atom. The predicted molar refractivity (Wildman–Crippen MR) is 86.9 cm³/mol. The topological polar surface area (TPSA) is 24.1 Å². The van der Waals surface area contributed by atoms with Gasteiger partial charge in [0.1, 0.15) is 0 Å². The predicted octanol–water partition coefficient (Wildman–Crippen LogP) is 4.15. The quantitative estimate of drug-likeness (QED) is 0.351. The number of nitrogens with one attached hydrogen (secondary N) is 2. The molecule has 0 aliphatic rings. The zero-order valence-corrected chi connectivity index (χ0v) is 13.1. The molecule has 0 saturated heterocycles. The van der Waals surface area contributed by atoms with Crippen LogP contribution in [0.25, 0.3) is 0 Å². The molecule has 0 saturated carbocycles. The molecule has 0 unspecified atom stereocenters. The molecule has 0 radical (unpaired) electrons. The molecule has 0 fully saturated rings. The van der Waals surface area contributed by atoms with Crippen LogP contribution in [0.1, 0.15) is 40.0 Å². The van der Waals surface area contributed by atoms with Crippen molar-refractivity contribution < 1.29 is 0 Å². The van der Waals surface area contributed by atoms with Crippen molar-refractivity contribution in [2.75, 3.05) is 13.6 Å². The number of rotatable bonds is 10. The first kappa shape index (κ1) is 17.6. The molecule has 1 atom stereocenters. The summed E-state index contributed by atoms with van der Waals surface area (Å²) in [5.41, 5.74) is 3.47. The van der Waals surface area contributed by atoms with Crippen molar-refractivity contribution in [3.8, 4) is 0 Å². The van der Waals surface area contributed by atoms with Crippen LogP contribution in [0, 0.1) is 5.92 Å². The largest absolute Gasteiger partial charge is 0.388 e. The van der Waals surface area contributed by atoms with Crippen LogP contribution < -0.4 is 10.6 Å². The van der Waals surface area contributed by atoms with Gasteiger partial charge in [0.25, 0.3) is 0 Å². The third-order valence-corrected chi connectivity index (χ3v) is 2.96. The van der Waals surface area contributed by atoms with E-state index >= 15 is 0 Å². The third kappa shape index (κ3) is 9.18. The molecular weight excluding hydrogens is 232 g/mol. The maximum Gasteiger partial charge on any atom is 0.0293 e. The minimum absolute atomic E-state index is 0.332. The lowest BCUT2D eigenvalue weighted by Crippen LogP contribution is -2.18. The van der Waals surface area contributed by atoms with E-state index in [2.05, 4.69) is 62.8 Å². The monoisotopic (exact) mass is 262 g/mol. The van der Waals surface area contributed by atoms with E-state index in [9.17, 15) is 0 Å². The second-order valence-electron chi connectivity index (χ2n) is 4.98. The Labute approximate surface area is 119 Å². The number of allylic oxidation sites excluding steroid dienone is 4. The van der Waals surface area contributed by atoms with Crippen molar-refractivity contribution in [2.24, 2.45) is 5.92 Å². The number of hydrogen-bond donors (Lipinski definition) is 2. The van der Waals surface area contributed by atoms with Gasteiger partial charge in [-0.1, -0.05) is 38.2 Å². The fraction of sp³-hybridized carbons (Fsp3) is 0.529. The van der Waals surface area contributed by atoms with Crippen LogP contribution >= 0.6 is 0 Å². The summed E-state index contributed by atoms with van der Waals surface area (Å²) < 4.78 is 0. The van der Waals surface area contributed by atoms with E-state index in [1.165, 1.54) is 5.57 Å². The van der Waals surface area contributed by atoms with Gasteiger partial charge in [-0.2, -0.15) is 0 Å². The van der Waals surface area contributed by atoms with Gasteiger partial charge in [-0.05, 0) is 32.3 Å². The van der Waals surface area contributed by atoms with Gasteiger partial charge in [-0.3, -0.25) is 0 Å². The van der Waals surface area contributed by atoms with Gasteiger partial charge in [-0.25, -0.2) is 0 Å². The lowest BCUT2D eigenvalue weighted by Gasteiger charge is -2.14. The number of likely N-dealkylation sites (N-methyl/N-ethyl adjacent to an activating group) is 1. The van der Waals surface area contributed by atoms with Crippen LogP contribution in [0.3, 0.4) is 0 Å². The van der Waals surface area contributed by atoms with Crippen molar-refractivity contribution >= 4 is 0 Å². The first-order chi connectivity index (χ1) is 9.01. The summed E-state index contributed by atoms with van der Waals surface area (Å²) in [5, 5.41) is 6.56. The lowest BCUT2D eigenvalue weighted by molar-refractivity contribution is 0.664. The van der Waals surface area contributed by atoms with Crippen LogP contribution in [0.2, 0.25) is 0 Å². The molecular formula is C17H30N2. The van der Waals surface area contributed by atoms with Gasteiger partial charge in [0.2, 0.25) is 0 Å². The summed E-state index contributed by atoms with van der Waals surface area (Å²) in [7, 11) is 1.95. The summed E-state index contributed by atoms with van der Waals surface area (Å²) in [5.74, 6) is 0.332. The van der Waals surface area contributed by atoms with Crippen molar-refractivity contribution in [3.63, 3.8) is 0 Å². The third-order valence-electron chi connectivity index (χ3n) is 2.96. The molecule has 0 aliphatic carbocycles. The molecule has 108 valence electrons. The summed E-state index contributed by atoms with van der Waals surface area (Å²) in [4.78, 5) is 0. The molecule has 2 nitrogen and oxygen atoms in total. The highest BCUT2D eigenvalue weighted by molar-refractivity contribution is 5.19. The first-order valence-corrected chi connectivity index (χ1v) is 7.14. The first-order valence-electron chi connectivity index (χ1n) is 7.14. The molecule has 0 aromatic rings. The molecule has 0 heterocycles. The smallest absolute Gasteiger partial charge is 0.0293 e. The zero-order valence-electron chi connectivity index (χ0n) is 13.1. The molecule has 0 bridgehead atoms. The van der Waals surface area contributed by atoms with Crippen molar-refractivity contribution in [1.82, 2.24) is 10.6 Å². The summed E-state index contributed by atoms with van der Waals surface area (Å²) in [6.07, 6.45) is 9.69. The Hall–Kier alpha value is -1.44. The van der Waals surface area contributed by atoms with Gasteiger partial charge in [0.05, 0.1) is 0 Å². The second-order valence-corrected chi connectivity index (χ2v) is 4.98. The summed E-state index contributed by atoms with van der Waals surface area (Å²) in [6.45, 7) is 15.3. The standard InChI is InChI=1S/C17H30N2/c1-7-9-17(18-6)12-11-15(4)16(5)19-13-8-10-14(2)3/h9,11-12,15,18-19H,2,5,7-8,10,13H2,1,3-4,6H3/b12-11-,17-9+/t15-/m1/s1. The molecule has 19 heavy (non-hydrogen) atoms. The van der Waals surface area contributed by atoms with E-state index in [1.807, 2.05) is 7.05 Å². The van der Waals surface area contributed by atoms with Crippen molar-refractivity contribution in [3.05, 3.63) is 48.4 Å². The Morgan fingerprint density at radius 2 is 2.00 bits per heavy atom. The van der Waals surface area contributed by atoms with Crippen LogP contribution in [-0.4, -0.2) is 13.6 Å². The van der Waals surface area contributed by atoms with Gasteiger partial charge < -0.3 is 10.6 Å². The molecule has 0 rings (SSSR count). The van der Waals surface area contributed by atoms with E-state index in [-0.39, 0.29) is 0 Å². The molecule has 0 aromatic heterocycles. The van der Waals surface area contributed by atoms with Gasteiger partial charge in [-0.15, -0.1) is 6.58 Å². The fourth-order valence-corrected chi connectivity index (χ4v) is 1.64. The van der Waals surface area contributed by atoms with E-state index in [0.29, 0.717) is 5.92 Å². The lowest BCUT2D eigenvalue weighted by atomic mass is 10.1. The van der Waals surface area contributed by atoms with Crippen LogP contribution in [0.5, 0.6) is 0 Å². The Balaban J connectivity index is 4.08. The van der Waals surface area contributed by atoms with Gasteiger partial charge >= 0.3 is 0 Å². The average Bonchev–Trinajstić information content (AvgIpc) is 2.38. The molecule has 0 aromatic carbocycles. The normalized spacial score (nSPS) is 13.4. The highest BCUT2D eigenvalue weighted by atomic mass is 14.9. The maximum atomic E-state index is 4.10. The fourth-order valence-electron chi connectivity index (χ4n) is 1.64. The van der Waals surface area contributed by atoms with Crippen molar-refractivity contribution in [1.29, 1.82) is 0 Å². The van der Waals surface area contributed by atoms with E-state index in [0.717, 1.165) is 37.2 Å². The molecule has 2 N–H and O–H groups in total. The van der Waals surface area contributed by atoms with Gasteiger partial charge in [0, 0.05) is 30.9 Å². The van der Waals surface area contributed by atoms with Crippen molar-refractivity contribution in [2.45, 2.75) is 40.0 Å². The molecule has 0 aliphatic heterocycles. The second kappa shape index (κ2) is 10.5. The highest BCUT2D eigenvalue weighted by Crippen LogP contribution is 2.09. The van der Waals surface area contributed by atoms with E-state index in [1.54, 1.807) is 0 Å². The Morgan fingerprint density at radius 3 is 2.53 bits per heavy atom. The molecule has 2 heteroatoms. The van der Waals surface area contributed by atoms with Gasteiger partial charge in [0.15, 0.2) is 0 Å². The molecule has 0 spiro atoms. The average molecular weight is 262 g/mol. The van der Waals surface area contributed by atoms with Crippen LogP contribution in [0.15, 0.2) is 48.4 Å². The zero-order chi connectivity index (χ0) is 14.7. The summed E-state index contributed by atoms with van der Waals surface area (Å²) in [6, 6.07) is 0. The minimum Gasteiger partial charge on any atom is -0.388 e. The molecule has 0 amide bonds. The Bertz CT molecular complexity index is 337. The SMILES string of the molecule is C=C(C)CCCNC(=C)[C@H](C)/C=C\C(=C/CC)NC. The summed E-state index contributed by atoms with van der Waals surface area (Å²) >= 11 is 0. The Kier molecular flexibility index (Phi) is 9.69. The van der Waals surface area contributed by atoms with E-state index < -0.39 is 0 Å².